The van der Waals surface area contributed by atoms with Gasteiger partial charge in [0.2, 0.25) is 5.76 Å². The first-order valence-electron chi connectivity index (χ1n) is 5.17. The van der Waals surface area contributed by atoms with Crippen molar-refractivity contribution < 1.29 is 14.3 Å². The minimum Gasteiger partial charge on any atom is -0.475 e. The van der Waals surface area contributed by atoms with E-state index in [0.717, 1.165) is 5.75 Å². The van der Waals surface area contributed by atoms with E-state index >= 15 is 0 Å². The Labute approximate surface area is 103 Å². The van der Waals surface area contributed by atoms with E-state index in [-0.39, 0.29) is 5.76 Å². The van der Waals surface area contributed by atoms with Gasteiger partial charge in [0.05, 0.1) is 0 Å². The average molecular weight is 248 g/mol. The van der Waals surface area contributed by atoms with Gasteiger partial charge < -0.3 is 9.52 Å². The molecule has 0 saturated heterocycles. The molecule has 88 valence electrons. The van der Waals surface area contributed by atoms with Crippen molar-refractivity contribution in [2.24, 2.45) is 0 Å². The number of carbonyl (C=O) groups is 1. The molecule has 0 atom stereocenters. The van der Waals surface area contributed by atoms with Crippen LogP contribution in [-0.4, -0.2) is 11.1 Å². The SMILES string of the molecule is Cc1ccccc1CSc1ccc(C(=O)O)o1. The zero-order valence-electron chi connectivity index (χ0n) is 9.34. The Morgan fingerprint density at radius 1 is 1.29 bits per heavy atom. The number of aromatic carboxylic acids is 1. The molecule has 0 spiro atoms. The van der Waals surface area contributed by atoms with E-state index in [1.807, 2.05) is 12.1 Å². The zero-order chi connectivity index (χ0) is 12.3. The van der Waals surface area contributed by atoms with E-state index in [9.17, 15) is 4.79 Å². The summed E-state index contributed by atoms with van der Waals surface area (Å²) in [5.74, 6) is -0.274. The van der Waals surface area contributed by atoms with E-state index in [4.69, 9.17) is 9.52 Å². The maximum absolute atomic E-state index is 10.6. The summed E-state index contributed by atoms with van der Waals surface area (Å²) in [6, 6.07) is 11.3. The second-order valence-corrected chi connectivity index (χ2v) is 4.62. The van der Waals surface area contributed by atoms with Gasteiger partial charge in [-0.3, -0.25) is 0 Å². The molecule has 0 saturated carbocycles. The predicted molar refractivity (Wildman–Crippen MR) is 66.4 cm³/mol. The summed E-state index contributed by atoms with van der Waals surface area (Å²) in [5, 5.41) is 9.35. The Bertz CT molecular complexity index is 531. The first kappa shape index (κ1) is 11.8. The van der Waals surface area contributed by atoms with Crippen molar-refractivity contribution in [2.75, 3.05) is 0 Å². The van der Waals surface area contributed by atoms with Crippen molar-refractivity contribution in [1.82, 2.24) is 0 Å². The molecule has 0 aliphatic heterocycles. The van der Waals surface area contributed by atoms with Crippen LogP contribution in [0.15, 0.2) is 45.9 Å². The lowest BCUT2D eigenvalue weighted by Gasteiger charge is -2.02. The minimum atomic E-state index is -1.03. The van der Waals surface area contributed by atoms with Gasteiger partial charge in [-0.05, 0) is 30.2 Å². The fourth-order valence-corrected chi connectivity index (χ4v) is 2.37. The van der Waals surface area contributed by atoms with E-state index in [1.54, 1.807) is 6.07 Å². The monoisotopic (exact) mass is 248 g/mol. The normalized spacial score (nSPS) is 10.4. The van der Waals surface area contributed by atoms with Gasteiger partial charge in [-0.2, -0.15) is 0 Å². The Hall–Kier alpha value is -1.68. The number of benzene rings is 1. The third kappa shape index (κ3) is 2.91. The van der Waals surface area contributed by atoms with Crippen molar-refractivity contribution in [2.45, 2.75) is 17.8 Å². The first-order valence-corrected chi connectivity index (χ1v) is 6.16. The molecule has 0 aliphatic rings. The van der Waals surface area contributed by atoms with Crippen LogP contribution in [0.4, 0.5) is 0 Å². The topological polar surface area (TPSA) is 50.4 Å². The number of thioether (sulfide) groups is 1. The maximum Gasteiger partial charge on any atom is 0.371 e. The molecule has 2 aromatic rings. The van der Waals surface area contributed by atoms with Crippen molar-refractivity contribution >= 4 is 17.7 Å². The summed E-state index contributed by atoms with van der Waals surface area (Å²) >= 11 is 1.50. The lowest BCUT2D eigenvalue weighted by molar-refractivity contribution is 0.0656. The molecular weight excluding hydrogens is 236 g/mol. The lowest BCUT2D eigenvalue weighted by Crippen LogP contribution is -1.91. The molecule has 1 N–H and O–H groups in total. The third-order valence-corrected chi connectivity index (χ3v) is 3.38. The van der Waals surface area contributed by atoms with Crippen molar-refractivity contribution in [1.29, 1.82) is 0 Å². The fraction of sp³-hybridized carbons (Fsp3) is 0.154. The van der Waals surface area contributed by atoms with E-state index in [1.165, 1.54) is 29.0 Å². The zero-order valence-corrected chi connectivity index (χ0v) is 10.2. The number of carboxylic acid groups (broad SMARTS) is 1. The van der Waals surface area contributed by atoms with Crippen LogP contribution < -0.4 is 0 Å². The molecule has 1 heterocycles. The second-order valence-electron chi connectivity index (χ2n) is 3.64. The molecule has 3 nitrogen and oxygen atoms in total. The molecule has 0 bridgehead atoms. The van der Waals surface area contributed by atoms with Crippen LogP contribution in [-0.2, 0) is 5.75 Å². The van der Waals surface area contributed by atoms with Crippen molar-refractivity contribution in [3.8, 4) is 0 Å². The Balaban J connectivity index is 2.02. The smallest absolute Gasteiger partial charge is 0.371 e. The third-order valence-electron chi connectivity index (χ3n) is 2.42. The van der Waals surface area contributed by atoms with Gasteiger partial charge in [0.25, 0.3) is 0 Å². The lowest BCUT2D eigenvalue weighted by atomic mass is 10.1. The van der Waals surface area contributed by atoms with Crippen LogP contribution in [0.2, 0.25) is 0 Å². The number of hydrogen-bond acceptors (Lipinski definition) is 3. The predicted octanol–water partition coefficient (Wildman–Crippen LogP) is 3.58. The highest BCUT2D eigenvalue weighted by Gasteiger charge is 2.09. The van der Waals surface area contributed by atoms with Crippen LogP contribution in [0.3, 0.4) is 0 Å². The quantitative estimate of drug-likeness (QED) is 0.840. The summed E-state index contributed by atoms with van der Waals surface area (Å²) in [5.41, 5.74) is 2.45. The summed E-state index contributed by atoms with van der Waals surface area (Å²) in [6.45, 7) is 2.06. The minimum absolute atomic E-state index is 0.0164. The van der Waals surface area contributed by atoms with Gasteiger partial charge in [-0.15, -0.1) is 0 Å². The molecule has 17 heavy (non-hydrogen) atoms. The largest absolute Gasteiger partial charge is 0.475 e. The van der Waals surface area contributed by atoms with Crippen LogP contribution in [0.5, 0.6) is 0 Å². The maximum atomic E-state index is 10.6. The van der Waals surface area contributed by atoms with Gasteiger partial charge in [0.1, 0.15) is 0 Å². The number of carboxylic acids is 1. The molecule has 0 radical (unpaired) electrons. The van der Waals surface area contributed by atoms with Crippen LogP contribution >= 0.6 is 11.8 Å². The molecular formula is C13H12O3S. The molecule has 0 amide bonds. The van der Waals surface area contributed by atoms with Gasteiger partial charge in [0.15, 0.2) is 5.09 Å². The molecule has 0 aliphatic carbocycles. The van der Waals surface area contributed by atoms with Crippen molar-refractivity contribution in [3.63, 3.8) is 0 Å². The number of aryl methyl sites for hydroxylation is 1. The van der Waals surface area contributed by atoms with Gasteiger partial charge >= 0.3 is 5.97 Å². The Kier molecular flexibility index (Phi) is 3.54. The fourth-order valence-electron chi connectivity index (χ4n) is 1.43. The molecule has 0 fully saturated rings. The van der Waals surface area contributed by atoms with E-state index in [2.05, 4.69) is 19.1 Å². The Morgan fingerprint density at radius 3 is 2.71 bits per heavy atom. The highest BCUT2D eigenvalue weighted by Crippen LogP contribution is 2.26. The molecule has 1 aromatic heterocycles. The van der Waals surface area contributed by atoms with Crippen LogP contribution in [0.25, 0.3) is 0 Å². The average Bonchev–Trinajstić information content (AvgIpc) is 2.77. The molecule has 2 rings (SSSR count). The first-order chi connectivity index (χ1) is 8.16. The number of furan rings is 1. The van der Waals surface area contributed by atoms with Crippen LogP contribution in [0.1, 0.15) is 21.7 Å². The second kappa shape index (κ2) is 5.10. The Morgan fingerprint density at radius 2 is 2.06 bits per heavy atom. The molecule has 4 heteroatoms. The molecule has 1 aromatic carbocycles. The highest BCUT2D eigenvalue weighted by molar-refractivity contribution is 7.98. The van der Waals surface area contributed by atoms with Crippen LogP contribution in [0, 0.1) is 6.92 Å². The van der Waals surface area contributed by atoms with E-state index in [0.29, 0.717) is 5.09 Å². The summed E-state index contributed by atoms with van der Waals surface area (Å²) in [4.78, 5) is 10.6. The summed E-state index contributed by atoms with van der Waals surface area (Å²) in [7, 11) is 0. The number of hydrogen-bond donors (Lipinski definition) is 1. The standard InChI is InChI=1S/C13H12O3S/c1-9-4-2-3-5-10(9)8-17-12-7-6-11(16-12)13(14)15/h2-7H,8H2,1H3,(H,14,15). The van der Waals surface area contributed by atoms with Gasteiger partial charge in [-0.25, -0.2) is 4.79 Å². The van der Waals surface area contributed by atoms with E-state index < -0.39 is 5.97 Å². The molecule has 0 unspecified atom stereocenters. The highest BCUT2D eigenvalue weighted by atomic mass is 32.2. The van der Waals surface area contributed by atoms with Gasteiger partial charge in [-0.1, -0.05) is 36.0 Å². The summed E-state index contributed by atoms with van der Waals surface area (Å²) < 4.78 is 5.17. The number of rotatable bonds is 4. The van der Waals surface area contributed by atoms with Crippen molar-refractivity contribution in [3.05, 3.63) is 53.3 Å². The van der Waals surface area contributed by atoms with Gasteiger partial charge in [0, 0.05) is 5.75 Å². The summed E-state index contributed by atoms with van der Waals surface area (Å²) in [6.07, 6.45) is 0.